The molecule has 0 aliphatic rings. The monoisotopic (exact) mass is 474 g/mol. The molecule has 0 fully saturated rings. The predicted octanol–water partition coefficient (Wildman–Crippen LogP) is 3.61. The van der Waals surface area contributed by atoms with Crippen LogP contribution in [0.5, 0.6) is 11.5 Å². The second kappa shape index (κ2) is 11.4. The van der Waals surface area contributed by atoms with Crippen molar-refractivity contribution in [3.63, 3.8) is 0 Å². The van der Waals surface area contributed by atoms with Crippen LogP contribution in [0.25, 0.3) is 0 Å². The van der Waals surface area contributed by atoms with Gasteiger partial charge in [-0.2, -0.15) is 0 Å². The Hall–Kier alpha value is -3.46. The highest BCUT2D eigenvalue weighted by atomic mass is 32.2. The van der Waals surface area contributed by atoms with Crippen molar-refractivity contribution in [2.75, 3.05) is 12.4 Å². The number of phenolic OH excluding ortho intramolecular Hbond substituents is 1. The Morgan fingerprint density at radius 1 is 1.03 bits per heavy atom. The van der Waals surface area contributed by atoms with Crippen molar-refractivity contribution < 1.29 is 37.8 Å². The lowest BCUT2D eigenvalue weighted by atomic mass is 10.0. The second-order valence-corrected chi connectivity index (χ2v) is 9.43. The highest BCUT2D eigenvalue weighted by molar-refractivity contribution is 7.91. The van der Waals surface area contributed by atoms with Crippen LogP contribution in [0, 0.1) is 0 Å². The first-order valence-electron chi connectivity index (χ1n) is 10.3. The van der Waals surface area contributed by atoms with E-state index in [2.05, 4.69) is 0 Å². The number of carbonyl (C=O) groups is 3. The maximum Gasteiger partial charge on any atom is 0.328 e. The molecule has 2 aromatic carbocycles. The van der Waals surface area contributed by atoms with E-state index in [-0.39, 0.29) is 46.3 Å². The fraction of sp³-hybridized carbons (Fsp3) is 0.292. The molecule has 0 aliphatic carbocycles. The molecule has 0 bridgehead atoms. The van der Waals surface area contributed by atoms with Gasteiger partial charge in [-0.3, -0.25) is 9.59 Å². The minimum absolute atomic E-state index is 0.0383. The van der Waals surface area contributed by atoms with E-state index in [4.69, 9.17) is 9.84 Å². The number of ether oxygens (including phenoxy) is 1. The highest BCUT2D eigenvalue weighted by Crippen LogP contribution is 2.33. The van der Waals surface area contributed by atoms with Crippen molar-refractivity contribution in [3.05, 3.63) is 65.2 Å². The van der Waals surface area contributed by atoms with Gasteiger partial charge in [0.15, 0.2) is 21.4 Å². The van der Waals surface area contributed by atoms with Gasteiger partial charge < -0.3 is 14.9 Å². The van der Waals surface area contributed by atoms with Crippen molar-refractivity contribution in [3.8, 4) is 11.5 Å². The van der Waals surface area contributed by atoms with Crippen LogP contribution in [0.2, 0.25) is 0 Å². The minimum atomic E-state index is -3.63. The summed E-state index contributed by atoms with van der Waals surface area (Å²) < 4.78 is 30.8. The molecule has 33 heavy (non-hydrogen) atoms. The van der Waals surface area contributed by atoms with E-state index in [0.29, 0.717) is 23.8 Å². The Bertz CT molecular complexity index is 1160. The minimum Gasteiger partial charge on any atom is -0.507 e. The van der Waals surface area contributed by atoms with Gasteiger partial charge in [0.2, 0.25) is 0 Å². The van der Waals surface area contributed by atoms with E-state index in [1.807, 2.05) is 6.92 Å². The van der Waals surface area contributed by atoms with E-state index < -0.39 is 21.6 Å². The van der Waals surface area contributed by atoms with Gasteiger partial charge in [0.25, 0.3) is 0 Å². The van der Waals surface area contributed by atoms with Crippen molar-refractivity contribution in [2.45, 2.75) is 38.0 Å². The molecule has 2 aromatic rings. The maximum absolute atomic E-state index is 12.6. The smallest absolute Gasteiger partial charge is 0.328 e. The summed E-state index contributed by atoms with van der Waals surface area (Å²) >= 11 is 0. The predicted molar refractivity (Wildman–Crippen MR) is 122 cm³/mol. The fourth-order valence-corrected chi connectivity index (χ4v) is 4.43. The molecule has 0 saturated carbocycles. The van der Waals surface area contributed by atoms with E-state index >= 15 is 0 Å². The molecule has 0 heterocycles. The lowest BCUT2D eigenvalue weighted by Gasteiger charge is -2.14. The molecule has 0 unspecified atom stereocenters. The molecule has 9 heteroatoms. The van der Waals surface area contributed by atoms with E-state index in [9.17, 15) is 27.9 Å². The number of carboxylic acids is 1. The standard InChI is InChI=1S/C24H26O8S/c1-3-5-20-22(12-10-19(16(2)25)24(20)29)32-14-4-15-33(30,31)18-8-6-17(7-9-18)21(26)11-13-23(27)28/h6-13,29H,3-5,14-15H2,1-2H3,(H,27,28)/b13-11+. The zero-order valence-electron chi connectivity index (χ0n) is 18.4. The molecule has 0 radical (unpaired) electrons. The molecule has 2 N–H and O–H groups in total. The Balaban J connectivity index is 2.01. The quantitative estimate of drug-likeness (QED) is 0.271. The van der Waals surface area contributed by atoms with Crippen molar-refractivity contribution in [1.29, 1.82) is 0 Å². The number of ketones is 2. The van der Waals surface area contributed by atoms with Crippen LogP contribution in [0.3, 0.4) is 0 Å². The molecular formula is C24H26O8S. The lowest BCUT2D eigenvalue weighted by molar-refractivity contribution is -0.131. The van der Waals surface area contributed by atoms with Gasteiger partial charge in [-0.15, -0.1) is 0 Å². The first-order valence-corrected chi connectivity index (χ1v) is 12.0. The number of benzene rings is 2. The Kier molecular flexibility index (Phi) is 8.93. The molecule has 0 aromatic heterocycles. The molecular weight excluding hydrogens is 448 g/mol. The molecule has 0 aliphatic heterocycles. The third-order valence-electron chi connectivity index (χ3n) is 4.81. The molecule has 8 nitrogen and oxygen atoms in total. The fourth-order valence-electron chi connectivity index (χ4n) is 3.15. The summed E-state index contributed by atoms with van der Waals surface area (Å²) in [5, 5.41) is 18.9. The molecule has 176 valence electrons. The molecule has 0 spiro atoms. The van der Waals surface area contributed by atoms with Crippen LogP contribution in [-0.4, -0.2) is 48.5 Å². The number of carbonyl (C=O) groups excluding carboxylic acids is 2. The number of aliphatic carboxylic acids is 1. The Morgan fingerprint density at radius 2 is 1.70 bits per heavy atom. The Morgan fingerprint density at radius 3 is 2.27 bits per heavy atom. The van der Waals surface area contributed by atoms with E-state index in [1.54, 1.807) is 6.07 Å². The summed E-state index contributed by atoms with van der Waals surface area (Å²) in [4.78, 5) is 34.0. The summed E-state index contributed by atoms with van der Waals surface area (Å²) in [6, 6.07) is 8.34. The number of rotatable bonds is 12. The molecule has 0 atom stereocenters. The third kappa shape index (κ3) is 7.01. The van der Waals surface area contributed by atoms with Crippen LogP contribution in [0.15, 0.2) is 53.4 Å². The summed E-state index contributed by atoms with van der Waals surface area (Å²) in [6.07, 6.45) is 3.03. The van der Waals surface area contributed by atoms with Crippen LogP contribution in [0.1, 0.15) is 53.0 Å². The highest BCUT2D eigenvalue weighted by Gasteiger charge is 2.18. The average molecular weight is 475 g/mol. The number of sulfone groups is 1. The number of hydrogen-bond acceptors (Lipinski definition) is 7. The van der Waals surface area contributed by atoms with Crippen LogP contribution in [0.4, 0.5) is 0 Å². The third-order valence-corrected chi connectivity index (χ3v) is 6.63. The number of phenols is 1. The first-order chi connectivity index (χ1) is 15.6. The Labute approximate surface area is 192 Å². The number of aromatic hydroxyl groups is 1. The first kappa shape index (κ1) is 25.8. The zero-order chi connectivity index (χ0) is 24.6. The maximum atomic E-state index is 12.6. The van der Waals surface area contributed by atoms with Gasteiger partial charge in [-0.25, -0.2) is 13.2 Å². The van der Waals surface area contributed by atoms with Crippen molar-refractivity contribution in [1.82, 2.24) is 0 Å². The molecule has 2 rings (SSSR count). The van der Waals surface area contributed by atoms with Gasteiger partial charge >= 0.3 is 5.97 Å². The second-order valence-electron chi connectivity index (χ2n) is 7.33. The van der Waals surface area contributed by atoms with Crippen LogP contribution < -0.4 is 4.74 Å². The number of allylic oxidation sites excluding steroid dienone is 1. The van der Waals surface area contributed by atoms with Gasteiger partial charge in [0, 0.05) is 17.2 Å². The SMILES string of the molecule is CCCc1c(OCCCS(=O)(=O)c2ccc(C(=O)/C=C/C(=O)O)cc2)ccc(C(C)=O)c1O. The largest absolute Gasteiger partial charge is 0.507 e. The van der Waals surface area contributed by atoms with Crippen molar-refractivity contribution in [2.24, 2.45) is 0 Å². The molecule has 0 saturated heterocycles. The van der Waals surface area contributed by atoms with E-state index in [0.717, 1.165) is 12.5 Å². The number of carboxylic acid groups (broad SMARTS) is 1. The van der Waals surface area contributed by atoms with Gasteiger partial charge in [-0.05, 0) is 62.2 Å². The summed E-state index contributed by atoms with van der Waals surface area (Å²) in [5.41, 5.74) is 0.908. The molecule has 0 amide bonds. The number of Topliss-reactive ketones (excluding diaryl/α,β-unsaturated/α-hetero) is 1. The van der Waals surface area contributed by atoms with Gasteiger partial charge in [0.05, 0.1) is 22.8 Å². The summed E-state index contributed by atoms with van der Waals surface area (Å²) in [6.45, 7) is 3.38. The normalized spacial score (nSPS) is 11.5. The zero-order valence-corrected chi connectivity index (χ0v) is 19.2. The van der Waals surface area contributed by atoms with Gasteiger partial charge in [-0.1, -0.05) is 13.3 Å². The number of hydrogen-bond donors (Lipinski definition) is 2. The van der Waals surface area contributed by atoms with Crippen molar-refractivity contribution >= 4 is 27.4 Å². The van der Waals surface area contributed by atoms with Crippen LogP contribution >= 0.6 is 0 Å². The lowest BCUT2D eigenvalue weighted by Crippen LogP contribution is -2.11. The summed E-state index contributed by atoms with van der Waals surface area (Å²) in [5.74, 6) is -1.95. The summed E-state index contributed by atoms with van der Waals surface area (Å²) in [7, 11) is -3.63. The van der Waals surface area contributed by atoms with E-state index in [1.165, 1.54) is 37.3 Å². The topological polar surface area (TPSA) is 135 Å². The van der Waals surface area contributed by atoms with Gasteiger partial charge in [0.1, 0.15) is 11.5 Å². The van der Waals surface area contributed by atoms with Crippen LogP contribution in [-0.2, 0) is 21.1 Å². The average Bonchev–Trinajstić information content (AvgIpc) is 2.77.